The second kappa shape index (κ2) is 22.0. The third-order valence-electron chi connectivity index (χ3n) is 18.6. The van der Waals surface area contributed by atoms with Crippen LogP contribution >= 0.6 is 0 Å². The van der Waals surface area contributed by atoms with Gasteiger partial charge in [0.15, 0.2) is 11.6 Å². The van der Waals surface area contributed by atoms with Crippen molar-refractivity contribution >= 4 is 65.4 Å². The number of benzene rings is 12. The van der Waals surface area contributed by atoms with Crippen LogP contribution in [0.3, 0.4) is 0 Å². The lowest BCUT2D eigenvalue weighted by Crippen LogP contribution is -2.15. The number of fused-ring (bicyclic) bond motifs is 9. The first-order valence-corrected chi connectivity index (χ1v) is 31.9. The maximum absolute atomic E-state index is 6.04. The smallest absolute Gasteiger partial charge is 0.164 e. The van der Waals surface area contributed by atoms with Crippen molar-refractivity contribution in [2.75, 3.05) is 0 Å². The van der Waals surface area contributed by atoms with Gasteiger partial charge >= 0.3 is 0 Å². The molecule has 0 unspecified atom stereocenters. The maximum Gasteiger partial charge on any atom is 0.164 e. The predicted molar refractivity (Wildman–Crippen MR) is 387 cm³/mol. The quantitative estimate of drug-likeness (QED) is 0.137. The van der Waals surface area contributed by atoms with Crippen LogP contribution in [0.25, 0.3) is 161 Å². The van der Waals surface area contributed by atoms with Crippen molar-refractivity contribution in [2.24, 2.45) is 0 Å². The maximum atomic E-state index is 6.04. The SMILES string of the molecule is Cc1ccc2c(c1)c1cc(C)ccc1n2-c1c(-c2ccccc2)c(-n2c3ccc(C)cc3c3cc(C)ccc32)c(-c2nc(-c3ccccc3)cc(-c3ccccc3)n2)c(-n2c3ccc(C)cc3c3cc(C)ccc32)c1-c1nc(-c2ccccc2)cc(-c2ccccc2)n1. The van der Waals surface area contributed by atoms with Crippen molar-refractivity contribution in [3.8, 4) is 96.0 Å². The lowest BCUT2D eigenvalue weighted by molar-refractivity contribution is 1.07. The number of aryl methyl sites for hydroxylation is 6. The van der Waals surface area contributed by atoms with Crippen LogP contribution in [0.4, 0.5) is 0 Å². The molecule has 5 heterocycles. The van der Waals surface area contributed by atoms with Gasteiger partial charge in [-0.2, -0.15) is 0 Å². The molecule has 0 amide bonds. The van der Waals surface area contributed by atoms with Gasteiger partial charge in [0.1, 0.15) is 0 Å². The number of hydrogen-bond donors (Lipinski definition) is 0. The average Bonchev–Trinajstić information content (AvgIpc) is 1.65. The molecule has 442 valence electrons. The van der Waals surface area contributed by atoms with E-state index in [1.165, 1.54) is 22.3 Å². The zero-order chi connectivity index (χ0) is 62.6. The molecule has 0 radical (unpaired) electrons. The van der Waals surface area contributed by atoms with Crippen molar-refractivity contribution in [2.45, 2.75) is 41.5 Å². The molecule has 0 saturated heterocycles. The van der Waals surface area contributed by atoms with Crippen molar-refractivity contribution in [1.29, 1.82) is 0 Å². The summed E-state index contributed by atoms with van der Waals surface area (Å²) in [6, 6.07) is 99.1. The molecular weight excluding hydrogens is 1130 g/mol. The summed E-state index contributed by atoms with van der Waals surface area (Å²) >= 11 is 0. The molecule has 17 aromatic rings. The highest BCUT2D eigenvalue weighted by Crippen LogP contribution is 2.55. The summed E-state index contributed by atoms with van der Waals surface area (Å²) in [5.74, 6) is 1.06. The Labute approximate surface area is 539 Å². The van der Waals surface area contributed by atoms with Gasteiger partial charge < -0.3 is 13.7 Å². The topological polar surface area (TPSA) is 66.3 Å². The Morgan fingerprint density at radius 1 is 0.204 bits per heavy atom. The monoisotopic (exact) mass is 1190 g/mol. The Hall–Kier alpha value is -11.8. The first kappa shape index (κ1) is 55.3. The molecule has 0 aliphatic rings. The van der Waals surface area contributed by atoms with Crippen LogP contribution in [0.1, 0.15) is 33.4 Å². The van der Waals surface area contributed by atoms with Gasteiger partial charge in [0.05, 0.1) is 84.1 Å². The molecule has 0 bridgehead atoms. The normalized spacial score (nSPS) is 11.8. The van der Waals surface area contributed by atoms with E-state index >= 15 is 0 Å². The van der Waals surface area contributed by atoms with E-state index in [0.29, 0.717) is 11.6 Å². The molecule has 0 atom stereocenters. The van der Waals surface area contributed by atoms with E-state index in [1.807, 2.05) is 0 Å². The fourth-order valence-corrected chi connectivity index (χ4v) is 14.3. The molecule has 0 N–H and O–H groups in total. The molecule has 93 heavy (non-hydrogen) atoms. The van der Waals surface area contributed by atoms with E-state index < -0.39 is 0 Å². The Kier molecular flexibility index (Phi) is 13.1. The van der Waals surface area contributed by atoms with Gasteiger partial charge in [-0.3, -0.25) is 0 Å². The minimum Gasteiger partial charge on any atom is -0.308 e. The molecule has 0 aliphatic carbocycles. The molecule has 0 saturated carbocycles. The van der Waals surface area contributed by atoms with Gasteiger partial charge in [-0.1, -0.05) is 221 Å². The molecule has 0 aliphatic heterocycles. The van der Waals surface area contributed by atoms with Crippen LogP contribution in [0.2, 0.25) is 0 Å². The van der Waals surface area contributed by atoms with Crippen LogP contribution in [0.5, 0.6) is 0 Å². The van der Waals surface area contributed by atoms with E-state index in [2.05, 4.69) is 328 Å². The Morgan fingerprint density at radius 2 is 0.409 bits per heavy atom. The highest BCUT2D eigenvalue weighted by molar-refractivity contribution is 6.18. The number of nitrogens with zero attached hydrogens (tertiary/aromatic N) is 7. The van der Waals surface area contributed by atoms with Crippen LogP contribution < -0.4 is 0 Å². The van der Waals surface area contributed by atoms with Crippen LogP contribution in [-0.4, -0.2) is 33.6 Å². The first-order chi connectivity index (χ1) is 45.6. The summed E-state index contributed by atoms with van der Waals surface area (Å²) in [6.07, 6.45) is 0. The largest absolute Gasteiger partial charge is 0.308 e. The predicted octanol–water partition coefficient (Wildman–Crippen LogP) is 22.1. The van der Waals surface area contributed by atoms with E-state index in [0.717, 1.165) is 161 Å². The standard InChI is InChI=1S/C86H63N7/c1-52-32-38-73-63(44-52)64-45-53(2)33-39-74(64)91(73)82-79(62-30-20-11-21-31-62)83(92-75-40-34-54(3)46-65(75)66-47-55(4)35-41-76(66)92)81(86-89-71(60-26-16-9-17-27-60)51-72(90-86)61-28-18-10-19-29-61)84(93-77-42-36-56(5)48-67(77)68-49-57(6)37-43-78(68)93)80(82)85-87-69(58-22-12-7-13-23-58)50-70(88-85)59-24-14-8-15-25-59/h7-51H,1-6H3. The third kappa shape index (κ3) is 9.26. The highest BCUT2D eigenvalue weighted by atomic mass is 15.1. The molecule has 7 nitrogen and oxygen atoms in total. The second-order valence-corrected chi connectivity index (χ2v) is 25.1. The van der Waals surface area contributed by atoms with E-state index in [4.69, 9.17) is 19.9 Å². The third-order valence-corrected chi connectivity index (χ3v) is 18.6. The fraction of sp³-hybridized carbons (Fsp3) is 0.0698. The van der Waals surface area contributed by atoms with Crippen LogP contribution in [-0.2, 0) is 0 Å². The number of rotatable bonds is 10. The summed E-state index contributed by atoms with van der Waals surface area (Å²) in [4.78, 5) is 24.2. The van der Waals surface area contributed by atoms with E-state index in [1.54, 1.807) is 0 Å². The molecule has 5 aromatic heterocycles. The van der Waals surface area contributed by atoms with Gasteiger partial charge in [-0.05, 0) is 132 Å². The van der Waals surface area contributed by atoms with Gasteiger partial charge in [-0.15, -0.1) is 0 Å². The highest BCUT2D eigenvalue weighted by Gasteiger charge is 2.37. The molecule has 17 rings (SSSR count). The first-order valence-electron chi connectivity index (χ1n) is 31.9. The van der Waals surface area contributed by atoms with Gasteiger partial charge in [0.25, 0.3) is 0 Å². The van der Waals surface area contributed by atoms with E-state index in [9.17, 15) is 0 Å². The van der Waals surface area contributed by atoms with Gasteiger partial charge in [-0.25, -0.2) is 19.9 Å². The van der Waals surface area contributed by atoms with Gasteiger partial charge in [0.2, 0.25) is 0 Å². The zero-order valence-electron chi connectivity index (χ0n) is 52.6. The fourth-order valence-electron chi connectivity index (χ4n) is 14.3. The second-order valence-electron chi connectivity index (χ2n) is 25.1. The van der Waals surface area contributed by atoms with Gasteiger partial charge in [0, 0.05) is 60.1 Å². The number of aromatic nitrogens is 7. The minimum atomic E-state index is 0.532. The van der Waals surface area contributed by atoms with Crippen molar-refractivity contribution in [1.82, 2.24) is 33.6 Å². The molecule has 0 fully saturated rings. The lowest BCUT2D eigenvalue weighted by atomic mass is 9.89. The van der Waals surface area contributed by atoms with Crippen molar-refractivity contribution < 1.29 is 0 Å². The zero-order valence-corrected chi connectivity index (χ0v) is 52.6. The molecule has 0 spiro atoms. The van der Waals surface area contributed by atoms with E-state index in [-0.39, 0.29) is 0 Å². The summed E-state index contributed by atoms with van der Waals surface area (Å²) < 4.78 is 7.60. The molecule has 7 heteroatoms. The van der Waals surface area contributed by atoms with Crippen LogP contribution in [0.15, 0.2) is 273 Å². The Morgan fingerprint density at radius 3 is 0.634 bits per heavy atom. The number of hydrogen-bond acceptors (Lipinski definition) is 4. The van der Waals surface area contributed by atoms with Crippen molar-refractivity contribution in [3.05, 3.63) is 306 Å². The molecule has 12 aromatic carbocycles. The summed E-state index contributed by atoms with van der Waals surface area (Å²) in [5.41, 5.74) is 26.4. The lowest BCUT2D eigenvalue weighted by Gasteiger charge is -2.30. The van der Waals surface area contributed by atoms with Crippen molar-refractivity contribution in [3.63, 3.8) is 0 Å². The summed E-state index contributed by atoms with van der Waals surface area (Å²) in [7, 11) is 0. The average molecular weight is 1190 g/mol. The summed E-state index contributed by atoms with van der Waals surface area (Å²) in [5, 5.41) is 6.83. The minimum absolute atomic E-state index is 0.532. The summed E-state index contributed by atoms with van der Waals surface area (Å²) in [6.45, 7) is 13.2. The Balaban J connectivity index is 1.24. The Bertz CT molecular complexity index is 5270. The van der Waals surface area contributed by atoms with Crippen LogP contribution in [0, 0.1) is 41.5 Å². The molecular formula is C86H63N7.